The molecule has 8 N–H and O–H groups in total. The molecule has 22 atom stereocenters. The molecule has 8 aliphatic carbocycles. The summed E-state index contributed by atoms with van der Waals surface area (Å²) in [6.07, 6.45) is 11.1. The Morgan fingerprint density at radius 1 is 0.648 bits per heavy atom. The fourth-order valence-corrected chi connectivity index (χ4v) is 18.8. The Morgan fingerprint density at radius 2 is 1.08 bits per heavy atom. The van der Waals surface area contributed by atoms with Crippen molar-refractivity contribution in [2.75, 3.05) is 24.6 Å². The first kappa shape index (κ1) is 60.0. The van der Waals surface area contributed by atoms with E-state index >= 15 is 0 Å². The molecule has 0 saturated heterocycles. The average Bonchev–Trinajstić information content (AvgIpc) is 3.81. The van der Waals surface area contributed by atoms with Crippen LogP contribution in [0, 0.1) is 92.7 Å². The van der Waals surface area contributed by atoms with Crippen LogP contribution in [0.1, 0.15) is 157 Å². The SMILES string of the molecule is C[C@H](CCC(=O)NCCS(=O)(=O)O)[C@H]1CC[C@H]2[C@@H]3[C@H](O)C[C@@H]4C[C@H](O)CC[C@]4(C)[C@H]3C[C@H](O)[C@]12C.C[C@H](CCC([O-])=NCCS(=O)(=O)[O-])[C@H]1CC[C@H]2[C@@H]3[C@H](O)C[C@@H]4C[C@H](O)CC[C@]4(C)[C@H]3C[C@H](O)[C@]12C.[Ca+2]. The maximum Gasteiger partial charge on any atom is 2.00 e. The van der Waals surface area contributed by atoms with Crippen molar-refractivity contribution in [3.8, 4) is 0 Å². The Labute approximate surface area is 454 Å². The van der Waals surface area contributed by atoms with Crippen molar-refractivity contribution in [1.82, 2.24) is 5.32 Å². The van der Waals surface area contributed by atoms with Gasteiger partial charge in [-0.15, -0.1) is 0 Å². The molecule has 19 heteroatoms. The largest absolute Gasteiger partial charge is 2.00 e. The molecule has 0 bridgehead atoms. The Hall–Kier alpha value is -0.220. The van der Waals surface area contributed by atoms with Crippen molar-refractivity contribution in [2.24, 2.45) is 97.7 Å². The molecule has 16 nitrogen and oxygen atoms in total. The van der Waals surface area contributed by atoms with Crippen molar-refractivity contribution >= 4 is 69.8 Å². The topological polar surface area (TPSA) is 297 Å². The third-order valence-electron chi connectivity index (χ3n) is 22.0. The monoisotopic (exact) mass is 1070 g/mol. The van der Waals surface area contributed by atoms with E-state index in [1.807, 2.05) is 0 Å². The number of nitrogens with one attached hydrogen (secondary N) is 1. The third-order valence-corrected chi connectivity index (χ3v) is 23.4. The van der Waals surface area contributed by atoms with Gasteiger partial charge in [0.15, 0.2) is 0 Å². The van der Waals surface area contributed by atoms with Crippen LogP contribution in [0.5, 0.6) is 0 Å². The van der Waals surface area contributed by atoms with Crippen molar-refractivity contribution < 1.29 is 66.5 Å². The summed E-state index contributed by atoms with van der Waals surface area (Å²) in [5.41, 5.74) is -0.536. The number of aliphatic imine (C=N–C) groups is 1. The molecule has 0 heterocycles. The van der Waals surface area contributed by atoms with Gasteiger partial charge in [-0.25, -0.2) is 8.42 Å². The van der Waals surface area contributed by atoms with Crippen LogP contribution in [0.2, 0.25) is 0 Å². The molecular weight excluding hydrogens is 981 g/mol. The number of aliphatic hydroxyl groups is 6. The predicted octanol–water partition coefficient (Wildman–Crippen LogP) is 3.66. The Bertz CT molecular complexity index is 2100. The second-order valence-corrected chi connectivity index (χ2v) is 28.4. The van der Waals surface area contributed by atoms with Gasteiger partial charge in [0.05, 0.1) is 64.8 Å². The van der Waals surface area contributed by atoms with Gasteiger partial charge in [-0.2, -0.15) is 8.42 Å². The van der Waals surface area contributed by atoms with Gasteiger partial charge >= 0.3 is 37.7 Å². The van der Waals surface area contributed by atoms with E-state index in [2.05, 4.69) is 51.9 Å². The minimum Gasteiger partial charge on any atom is -0.862 e. The molecule has 8 saturated carbocycles. The number of hydrogen-bond acceptors (Lipinski definition) is 14. The molecule has 0 unspecified atom stereocenters. The predicted molar refractivity (Wildman–Crippen MR) is 267 cm³/mol. The van der Waals surface area contributed by atoms with Crippen LogP contribution in [-0.2, 0) is 25.0 Å². The summed E-state index contributed by atoms with van der Waals surface area (Å²) in [4.78, 5) is 15.9. The van der Waals surface area contributed by atoms with E-state index < -0.39 is 56.2 Å². The van der Waals surface area contributed by atoms with E-state index in [1.165, 1.54) is 0 Å². The number of carbonyl (C=O) groups excluding carboxylic acids is 1. The Morgan fingerprint density at radius 3 is 1.51 bits per heavy atom. The number of rotatable bonds is 14. The van der Waals surface area contributed by atoms with Gasteiger partial charge in [0.1, 0.15) is 0 Å². The molecule has 1 amide bonds. The van der Waals surface area contributed by atoms with Crippen LogP contribution in [0.3, 0.4) is 0 Å². The maximum absolute atomic E-state index is 12.2. The van der Waals surface area contributed by atoms with Crippen molar-refractivity contribution in [3.05, 3.63) is 0 Å². The molecule has 71 heavy (non-hydrogen) atoms. The van der Waals surface area contributed by atoms with Crippen LogP contribution >= 0.6 is 0 Å². The summed E-state index contributed by atoms with van der Waals surface area (Å²) >= 11 is 0. The second-order valence-electron chi connectivity index (χ2n) is 25.3. The summed E-state index contributed by atoms with van der Waals surface area (Å²) in [5, 5.41) is 81.1. The zero-order valence-corrected chi connectivity index (χ0v) is 47.2. The number of carbonyl (C=O) groups is 1. The first-order valence-corrected chi connectivity index (χ1v) is 30.2. The van der Waals surface area contributed by atoms with Crippen molar-refractivity contribution in [3.63, 3.8) is 0 Å². The number of fused-ring (bicyclic) bond motifs is 10. The summed E-state index contributed by atoms with van der Waals surface area (Å²) in [5.74, 6) is 0.990. The van der Waals surface area contributed by atoms with E-state index in [0.717, 1.165) is 77.0 Å². The number of nitrogens with zero attached hydrogens (tertiary/aromatic N) is 1. The minimum absolute atomic E-state index is 0. The molecule has 0 spiro atoms. The molecule has 0 aromatic rings. The van der Waals surface area contributed by atoms with Gasteiger partial charge in [-0.1, -0.05) is 41.5 Å². The van der Waals surface area contributed by atoms with Crippen LogP contribution < -0.4 is 10.4 Å². The molecule has 0 aromatic carbocycles. The van der Waals surface area contributed by atoms with E-state index in [-0.39, 0.29) is 169 Å². The van der Waals surface area contributed by atoms with Gasteiger partial charge in [0.2, 0.25) is 5.91 Å². The molecule has 0 aromatic heterocycles. The second kappa shape index (κ2) is 23.0. The van der Waals surface area contributed by atoms with Crippen LogP contribution in [0.4, 0.5) is 0 Å². The van der Waals surface area contributed by atoms with E-state index in [1.54, 1.807) is 0 Å². The number of aliphatic hydroxyl groups excluding tert-OH is 6. The minimum atomic E-state index is -4.38. The van der Waals surface area contributed by atoms with Gasteiger partial charge in [-0.3, -0.25) is 9.35 Å². The zero-order valence-electron chi connectivity index (χ0n) is 43.4. The van der Waals surface area contributed by atoms with Crippen molar-refractivity contribution in [1.29, 1.82) is 0 Å². The first-order chi connectivity index (χ1) is 32.5. The van der Waals surface area contributed by atoms with Gasteiger partial charge in [0, 0.05) is 13.0 Å². The average molecular weight is 1070 g/mol. The zero-order chi connectivity index (χ0) is 51.5. The molecule has 8 fully saturated rings. The van der Waals surface area contributed by atoms with Crippen LogP contribution in [0.25, 0.3) is 0 Å². The van der Waals surface area contributed by atoms with Crippen LogP contribution in [0.15, 0.2) is 4.99 Å². The van der Waals surface area contributed by atoms with Crippen LogP contribution in [-0.4, -0.2) is 167 Å². The summed E-state index contributed by atoms with van der Waals surface area (Å²) in [6, 6.07) is 0. The maximum atomic E-state index is 12.2. The smallest absolute Gasteiger partial charge is 0.862 e. The molecular formula is C52H88CaN2O14S2. The molecule has 404 valence electrons. The number of amides is 1. The molecule has 8 rings (SSSR count). The fourth-order valence-electron chi connectivity index (χ4n) is 18.1. The van der Waals surface area contributed by atoms with E-state index in [9.17, 15) is 61.9 Å². The van der Waals surface area contributed by atoms with E-state index in [0.29, 0.717) is 37.5 Å². The van der Waals surface area contributed by atoms with Gasteiger partial charge in [-0.05, 0) is 208 Å². The third kappa shape index (κ3) is 12.2. The first-order valence-electron chi connectivity index (χ1n) is 27.0. The Balaban J connectivity index is 0.000000229. The summed E-state index contributed by atoms with van der Waals surface area (Å²) in [7, 11) is -8.47. The quantitative estimate of drug-likeness (QED) is 0.0534. The standard InChI is InChI=1S/2C26H45NO7S.Ca/c2*1-15(4-7-23(31)27-10-11-35(32,33)34)18-5-6-19-24-20(14-22(30)26(18,19)3)25(2)9-8-17(28)12-16(25)13-21(24)29;/h2*15-22,24,28-30H,4-14H2,1-3H3,(H,27,31)(H,32,33,34);/q;;+2/p-2/t2*15-,16+,17-,18-,19+,20+,21-,22+,24+,25+,26-;/m11./s1. The number of hydrogen-bond donors (Lipinski definition) is 8. The molecule has 0 radical (unpaired) electrons. The van der Waals surface area contributed by atoms with Gasteiger partial charge in [0.25, 0.3) is 10.1 Å². The van der Waals surface area contributed by atoms with E-state index in [4.69, 9.17) is 4.55 Å². The van der Waals surface area contributed by atoms with Gasteiger partial charge < -0.3 is 50.6 Å². The normalized spacial score (nSPS) is 46.0. The summed E-state index contributed by atoms with van der Waals surface area (Å²) < 4.78 is 62.6. The van der Waals surface area contributed by atoms with Crippen molar-refractivity contribution in [2.45, 2.75) is 194 Å². The molecule has 0 aliphatic heterocycles. The molecule has 8 aliphatic rings. The summed E-state index contributed by atoms with van der Waals surface area (Å²) in [6.45, 7) is 12.9. The Kier molecular flexibility index (Phi) is 19.4. The fraction of sp³-hybridized carbons (Fsp3) is 0.962.